The largest absolute Gasteiger partial charge is 0.355 e. The van der Waals surface area contributed by atoms with Crippen molar-refractivity contribution >= 4 is 5.91 Å². The van der Waals surface area contributed by atoms with E-state index in [1.807, 2.05) is 6.07 Å². The Morgan fingerprint density at radius 3 is 2.26 bits per heavy atom. The third kappa shape index (κ3) is 5.49. The molecule has 2 unspecified atom stereocenters. The van der Waals surface area contributed by atoms with Gasteiger partial charge >= 0.3 is 0 Å². The zero-order chi connectivity index (χ0) is 21.6. The van der Waals surface area contributed by atoms with E-state index in [0.717, 1.165) is 32.5 Å². The third-order valence-corrected chi connectivity index (χ3v) is 6.61. The summed E-state index contributed by atoms with van der Waals surface area (Å²) >= 11 is 0. The predicted octanol–water partition coefficient (Wildman–Crippen LogP) is 3.75. The first-order valence-electron chi connectivity index (χ1n) is 11.3. The van der Waals surface area contributed by atoms with Crippen LogP contribution in [0.25, 0.3) is 0 Å². The minimum Gasteiger partial charge on any atom is -0.355 e. The Balaban J connectivity index is 1.29. The summed E-state index contributed by atoms with van der Waals surface area (Å²) in [6, 6.07) is 15.3. The van der Waals surface area contributed by atoms with Gasteiger partial charge < -0.3 is 5.32 Å². The maximum absolute atomic E-state index is 13.8. The van der Waals surface area contributed by atoms with Crippen LogP contribution in [0.3, 0.4) is 0 Å². The number of rotatable bonds is 8. The molecule has 166 valence electrons. The van der Waals surface area contributed by atoms with Crippen LogP contribution in [0, 0.1) is 11.6 Å². The van der Waals surface area contributed by atoms with Crippen LogP contribution < -0.4 is 5.32 Å². The number of hydrogen-bond acceptors (Lipinski definition) is 3. The summed E-state index contributed by atoms with van der Waals surface area (Å²) in [7, 11) is 0. The quantitative estimate of drug-likeness (QED) is 0.697. The molecule has 2 fully saturated rings. The number of nitrogens with one attached hydrogen (secondary N) is 1. The highest BCUT2D eigenvalue weighted by Crippen LogP contribution is 2.30. The van der Waals surface area contributed by atoms with Gasteiger partial charge in [0.05, 0.1) is 6.54 Å². The van der Waals surface area contributed by atoms with Crippen LogP contribution >= 0.6 is 0 Å². The predicted molar refractivity (Wildman–Crippen MR) is 118 cm³/mol. The van der Waals surface area contributed by atoms with Gasteiger partial charge in [-0.05, 0) is 62.9 Å². The first-order valence-corrected chi connectivity index (χ1v) is 11.3. The second-order valence-corrected chi connectivity index (χ2v) is 8.65. The first kappa shape index (κ1) is 21.9. The smallest absolute Gasteiger partial charge is 0.234 e. The van der Waals surface area contributed by atoms with Crippen molar-refractivity contribution in [2.24, 2.45) is 0 Å². The fraction of sp³-hybridized carbons (Fsp3) is 0.480. The molecule has 31 heavy (non-hydrogen) atoms. The van der Waals surface area contributed by atoms with Crippen LogP contribution in [-0.4, -0.2) is 54.0 Å². The van der Waals surface area contributed by atoms with Crippen LogP contribution in [-0.2, 0) is 17.8 Å². The van der Waals surface area contributed by atoms with Crippen LogP contribution in [0.2, 0.25) is 0 Å². The highest BCUT2D eigenvalue weighted by molar-refractivity contribution is 5.78. The molecule has 2 aromatic carbocycles. The minimum absolute atomic E-state index is 0.0318. The number of likely N-dealkylation sites (tertiary alicyclic amines) is 2. The number of carbonyl (C=O) groups is 1. The number of hydrogen-bond donors (Lipinski definition) is 1. The molecule has 4 nitrogen and oxygen atoms in total. The van der Waals surface area contributed by atoms with Crippen LogP contribution in [0.5, 0.6) is 0 Å². The van der Waals surface area contributed by atoms with E-state index in [4.69, 9.17) is 0 Å². The lowest BCUT2D eigenvalue weighted by Gasteiger charge is -2.34. The van der Waals surface area contributed by atoms with Crippen molar-refractivity contribution in [2.45, 2.75) is 50.7 Å². The highest BCUT2D eigenvalue weighted by atomic mass is 19.1. The number of benzene rings is 2. The van der Waals surface area contributed by atoms with Crippen molar-refractivity contribution in [2.75, 3.05) is 26.2 Å². The Hall–Kier alpha value is -2.31. The molecule has 2 aliphatic rings. The average molecular weight is 428 g/mol. The van der Waals surface area contributed by atoms with Gasteiger partial charge in [0.2, 0.25) is 5.91 Å². The summed E-state index contributed by atoms with van der Waals surface area (Å²) in [5.74, 6) is -1.20. The third-order valence-electron chi connectivity index (χ3n) is 6.61. The summed E-state index contributed by atoms with van der Waals surface area (Å²) in [6.07, 6.45) is 4.74. The molecule has 1 N–H and O–H groups in total. The van der Waals surface area contributed by atoms with Crippen molar-refractivity contribution in [1.29, 1.82) is 0 Å². The van der Waals surface area contributed by atoms with E-state index in [1.165, 1.54) is 36.6 Å². The van der Waals surface area contributed by atoms with E-state index in [-0.39, 0.29) is 24.4 Å². The summed E-state index contributed by atoms with van der Waals surface area (Å²) in [4.78, 5) is 17.4. The summed E-state index contributed by atoms with van der Waals surface area (Å²) < 4.78 is 27.5. The van der Waals surface area contributed by atoms with Crippen molar-refractivity contribution in [3.63, 3.8) is 0 Å². The van der Waals surface area contributed by atoms with E-state index < -0.39 is 11.6 Å². The van der Waals surface area contributed by atoms with Gasteiger partial charge in [0.1, 0.15) is 11.6 Å². The van der Waals surface area contributed by atoms with Gasteiger partial charge in [-0.1, -0.05) is 36.4 Å². The number of halogens is 2. The van der Waals surface area contributed by atoms with E-state index >= 15 is 0 Å². The molecule has 4 rings (SSSR count). The molecule has 2 aromatic rings. The molecule has 6 heteroatoms. The Kier molecular flexibility index (Phi) is 7.30. The van der Waals surface area contributed by atoms with Crippen LogP contribution in [0.4, 0.5) is 8.78 Å². The summed E-state index contributed by atoms with van der Waals surface area (Å²) in [5.41, 5.74) is 1.36. The lowest BCUT2D eigenvalue weighted by atomic mass is 10.0. The summed E-state index contributed by atoms with van der Waals surface area (Å²) in [6.45, 7) is 3.56. The number of amides is 1. The normalized spacial score (nSPS) is 22.1. The number of nitrogens with zero attached hydrogens (tertiary/aromatic N) is 2. The van der Waals surface area contributed by atoms with E-state index in [1.54, 1.807) is 0 Å². The van der Waals surface area contributed by atoms with Crippen molar-refractivity contribution in [1.82, 2.24) is 15.1 Å². The van der Waals surface area contributed by atoms with Crippen molar-refractivity contribution < 1.29 is 13.6 Å². The molecule has 2 heterocycles. The van der Waals surface area contributed by atoms with Gasteiger partial charge in [-0.15, -0.1) is 0 Å². The molecule has 2 atom stereocenters. The highest BCUT2D eigenvalue weighted by Gasteiger charge is 2.38. The van der Waals surface area contributed by atoms with E-state index in [2.05, 4.69) is 39.4 Å². The Morgan fingerprint density at radius 2 is 1.55 bits per heavy atom. The van der Waals surface area contributed by atoms with E-state index in [9.17, 15) is 13.6 Å². The molecular formula is C25H31F2N3O. The van der Waals surface area contributed by atoms with Crippen molar-refractivity contribution in [3.05, 3.63) is 71.3 Å². The lowest BCUT2D eigenvalue weighted by Crippen LogP contribution is -2.49. The van der Waals surface area contributed by atoms with Crippen molar-refractivity contribution in [3.8, 4) is 0 Å². The first-order chi connectivity index (χ1) is 15.1. The molecule has 0 spiro atoms. The molecule has 0 radical (unpaired) electrons. The minimum atomic E-state index is -0.561. The average Bonchev–Trinajstić information content (AvgIpc) is 3.40. The van der Waals surface area contributed by atoms with Gasteiger partial charge in [0, 0.05) is 30.7 Å². The maximum atomic E-state index is 13.8. The fourth-order valence-electron chi connectivity index (χ4n) is 5.12. The fourth-order valence-corrected chi connectivity index (χ4v) is 5.12. The van der Waals surface area contributed by atoms with Gasteiger partial charge in [-0.25, -0.2) is 8.78 Å². The second kappa shape index (κ2) is 10.3. The Bertz CT molecular complexity index is 856. The zero-order valence-electron chi connectivity index (χ0n) is 17.9. The molecule has 0 bridgehead atoms. The van der Waals surface area contributed by atoms with E-state index in [0.29, 0.717) is 18.6 Å². The molecule has 2 saturated heterocycles. The van der Waals surface area contributed by atoms with Gasteiger partial charge in [-0.2, -0.15) is 0 Å². The van der Waals surface area contributed by atoms with Gasteiger partial charge in [0.25, 0.3) is 0 Å². The molecule has 0 aromatic heterocycles. The molecule has 0 saturated carbocycles. The van der Waals surface area contributed by atoms with Crippen LogP contribution in [0.1, 0.15) is 36.8 Å². The standard InChI is InChI=1S/C25H31F2N3O/c26-21-9-4-10-22(27)20(21)13-14-28-25(31)18-30-16-6-12-24(30)23-11-5-15-29(23)17-19-7-2-1-3-8-19/h1-4,7-10,23-24H,5-6,11-18H2,(H,28,31). The SMILES string of the molecule is O=C(CN1CCCC1C1CCCN1Cc1ccccc1)NCCc1c(F)cccc1F. The summed E-state index contributed by atoms with van der Waals surface area (Å²) in [5, 5.41) is 2.85. The zero-order valence-corrected chi connectivity index (χ0v) is 17.9. The maximum Gasteiger partial charge on any atom is 0.234 e. The Morgan fingerprint density at radius 1 is 0.903 bits per heavy atom. The molecular weight excluding hydrogens is 396 g/mol. The number of carbonyl (C=O) groups excluding carboxylic acids is 1. The molecule has 1 amide bonds. The molecule has 0 aliphatic carbocycles. The monoisotopic (exact) mass is 427 g/mol. The lowest BCUT2D eigenvalue weighted by molar-refractivity contribution is -0.122. The Labute approximate surface area is 183 Å². The topological polar surface area (TPSA) is 35.6 Å². The molecule has 2 aliphatic heterocycles. The van der Waals surface area contributed by atoms with Gasteiger partial charge in [-0.3, -0.25) is 14.6 Å². The van der Waals surface area contributed by atoms with Crippen LogP contribution in [0.15, 0.2) is 48.5 Å². The second-order valence-electron chi connectivity index (χ2n) is 8.65. The van der Waals surface area contributed by atoms with Gasteiger partial charge in [0.15, 0.2) is 0 Å².